The van der Waals surface area contributed by atoms with Crippen molar-refractivity contribution in [3.63, 3.8) is 0 Å². The van der Waals surface area contributed by atoms with E-state index < -0.39 is 0 Å². The summed E-state index contributed by atoms with van der Waals surface area (Å²) >= 11 is 5.10. The molecule has 1 heterocycles. The molecule has 1 saturated carbocycles. The average molecular weight is 357 g/mol. The standard InChI is InChI=1S/C15H18BrFN2S/c1-10-4-3-7-15(8-10)9-20-14(19-15)18-13-11(16)5-2-6-12(13)17/h2,5-6,10H,3-4,7-9H2,1H3,(H,18,19). The zero-order valence-electron chi connectivity index (χ0n) is 11.5. The van der Waals surface area contributed by atoms with Crippen LogP contribution in [0, 0.1) is 11.7 Å². The minimum absolute atomic E-state index is 0.0857. The highest BCUT2D eigenvalue weighted by Gasteiger charge is 2.39. The average Bonchev–Trinajstić information content (AvgIpc) is 2.76. The molecule has 20 heavy (non-hydrogen) atoms. The molecule has 1 aliphatic heterocycles. The van der Waals surface area contributed by atoms with Gasteiger partial charge in [-0.15, -0.1) is 0 Å². The Balaban J connectivity index is 1.79. The molecule has 1 spiro atoms. The third-order valence-electron chi connectivity index (χ3n) is 4.08. The molecule has 2 atom stereocenters. The molecule has 1 fully saturated rings. The zero-order chi connectivity index (χ0) is 14.2. The number of para-hydroxylation sites is 1. The van der Waals surface area contributed by atoms with Crippen LogP contribution in [0.4, 0.5) is 10.1 Å². The van der Waals surface area contributed by atoms with Crippen molar-refractivity contribution in [2.45, 2.75) is 38.1 Å². The quantitative estimate of drug-likeness (QED) is 0.760. The van der Waals surface area contributed by atoms with Gasteiger partial charge < -0.3 is 5.32 Å². The second kappa shape index (κ2) is 5.68. The lowest BCUT2D eigenvalue weighted by molar-refractivity contribution is 0.266. The molecule has 0 aromatic heterocycles. The van der Waals surface area contributed by atoms with Gasteiger partial charge in [0, 0.05) is 10.2 Å². The Morgan fingerprint density at radius 3 is 3.10 bits per heavy atom. The Hall–Kier alpha value is -0.550. The van der Waals surface area contributed by atoms with Crippen LogP contribution in [0.3, 0.4) is 0 Å². The fraction of sp³-hybridized carbons (Fsp3) is 0.533. The summed E-state index contributed by atoms with van der Waals surface area (Å²) in [5.41, 5.74) is 0.572. The lowest BCUT2D eigenvalue weighted by Crippen LogP contribution is -2.33. The van der Waals surface area contributed by atoms with E-state index in [4.69, 9.17) is 4.99 Å². The molecule has 1 N–H and O–H groups in total. The highest BCUT2D eigenvalue weighted by atomic mass is 79.9. The normalized spacial score (nSPS) is 29.6. The molecule has 0 radical (unpaired) electrons. The third-order valence-corrected chi connectivity index (χ3v) is 5.89. The maximum atomic E-state index is 13.8. The van der Waals surface area contributed by atoms with Gasteiger partial charge in [0.05, 0.1) is 11.2 Å². The summed E-state index contributed by atoms with van der Waals surface area (Å²) in [5, 5.41) is 4.01. The van der Waals surface area contributed by atoms with Crippen LogP contribution in [0.1, 0.15) is 32.6 Å². The second-order valence-electron chi connectivity index (χ2n) is 5.85. The zero-order valence-corrected chi connectivity index (χ0v) is 13.9. The van der Waals surface area contributed by atoms with Crippen molar-refractivity contribution in [2.24, 2.45) is 10.9 Å². The van der Waals surface area contributed by atoms with Crippen molar-refractivity contribution in [3.8, 4) is 0 Å². The monoisotopic (exact) mass is 356 g/mol. The summed E-state index contributed by atoms with van der Waals surface area (Å²) in [4.78, 5) is 4.89. The van der Waals surface area contributed by atoms with Crippen LogP contribution >= 0.6 is 27.7 Å². The van der Waals surface area contributed by atoms with Crippen molar-refractivity contribution in [2.75, 3.05) is 11.1 Å². The van der Waals surface area contributed by atoms with E-state index in [1.165, 1.54) is 18.9 Å². The molecule has 108 valence electrons. The van der Waals surface area contributed by atoms with E-state index in [1.807, 2.05) is 6.07 Å². The van der Waals surface area contributed by atoms with Gasteiger partial charge in [0.1, 0.15) is 5.82 Å². The first kappa shape index (κ1) is 14.4. The Kier molecular flexibility index (Phi) is 4.09. The second-order valence-corrected chi connectivity index (χ2v) is 7.67. The lowest BCUT2D eigenvalue weighted by Gasteiger charge is -2.33. The van der Waals surface area contributed by atoms with Gasteiger partial charge in [0.2, 0.25) is 0 Å². The van der Waals surface area contributed by atoms with E-state index in [-0.39, 0.29) is 11.4 Å². The number of hydrogen-bond acceptors (Lipinski definition) is 3. The maximum Gasteiger partial charge on any atom is 0.161 e. The van der Waals surface area contributed by atoms with Crippen LogP contribution in [0.15, 0.2) is 27.7 Å². The topological polar surface area (TPSA) is 24.4 Å². The van der Waals surface area contributed by atoms with E-state index in [1.54, 1.807) is 17.8 Å². The first-order chi connectivity index (χ1) is 9.58. The van der Waals surface area contributed by atoms with Crippen LogP contribution in [0.25, 0.3) is 0 Å². The van der Waals surface area contributed by atoms with Gasteiger partial charge in [-0.2, -0.15) is 0 Å². The molecule has 2 aliphatic rings. The van der Waals surface area contributed by atoms with Crippen LogP contribution < -0.4 is 5.32 Å². The minimum Gasteiger partial charge on any atom is -0.332 e. The van der Waals surface area contributed by atoms with Gasteiger partial charge >= 0.3 is 0 Å². The number of amidine groups is 1. The van der Waals surface area contributed by atoms with Crippen LogP contribution in [-0.2, 0) is 0 Å². The van der Waals surface area contributed by atoms with Crippen molar-refractivity contribution in [1.82, 2.24) is 0 Å². The Morgan fingerprint density at radius 1 is 1.50 bits per heavy atom. The molecule has 2 unspecified atom stereocenters. The molecular weight excluding hydrogens is 339 g/mol. The summed E-state index contributed by atoms with van der Waals surface area (Å²) in [6.45, 7) is 2.31. The van der Waals surface area contributed by atoms with E-state index in [2.05, 4.69) is 28.2 Å². The van der Waals surface area contributed by atoms with Gasteiger partial charge in [0.15, 0.2) is 5.17 Å². The highest BCUT2D eigenvalue weighted by Crippen LogP contribution is 2.42. The molecule has 3 rings (SSSR count). The van der Waals surface area contributed by atoms with Gasteiger partial charge in [0.25, 0.3) is 0 Å². The summed E-state index contributed by atoms with van der Waals surface area (Å²) in [7, 11) is 0. The lowest BCUT2D eigenvalue weighted by atomic mass is 9.78. The molecule has 5 heteroatoms. The Labute approximate surface area is 131 Å². The molecule has 0 saturated heterocycles. The smallest absolute Gasteiger partial charge is 0.161 e. The fourth-order valence-corrected chi connectivity index (χ4v) is 4.74. The summed E-state index contributed by atoms with van der Waals surface area (Å²) in [5.74, 6) is 1.51. The molecule has 0 bridgehead atoms. The number of rotatable bonds is 1. The van der Waals surface area contributed by atoms with E-state index >= 15 is 0 Å². The number of thioether (sulfide) groups is 1. The molecule has 1 aromatic rings. The molecular formula is C15H18BrFN2S. The van der Waals surface area contributed by atoms with Crippen LogP contribution in [0.2, 0.25) is 0 Å². The van der Waals surface area contributed by atoms with Crippen LogP contribution in [0.5, 0.6) is 0 Å². The van der Waals surface area contributed by atoms with Crippen molar-refractivity contribution >= 4 is 38.5 Å². The van der Waals surface area contributed by atoms with Gasteiger partial charge in [-0.1, -0.05) is 37.6 Å². The van der Waals surface area contributed by atoms with E-state index in [9.17, 15) is 4.39 Å². The van der Waals surface area contributed by atoms with Crippen molar-refractivity contribution in [3.05, 3.63) is 28.5 Å². The molecule has 1 aromatic carbocycles. The van der Waals surface area contributed by atoms with E-state index in [0.29, 0.717) is 5.69 Å². The SMILES string of the molecule is CC1CCCC2(CSC(Nc3c(F)cccc3Br)=N2)C1. The minimum atomic E-state index is -0.249. The van der Waals surface area contributed by atoms with Gasteiger partial charge in [-0.25, -0.2) is 4.39 Å². The molecule has 0 amide bonds. The number of nitrogens with one attached hydrogen (secondary N) is 1. The van der Waals surface area contributed by atoms with Gasteiger partial charge in [-0.3, -0.25) is 4.99 Å². The highest BCUT2D eigenvalue weighted by molar-refractivity contribution is 9.10. The number of aliphatic imine (C=N–C) groups is 1. The summed E-state index contributed by atoms with van der Waals surface area (Å²) in [6, 6.07) is 4.99. The maximum absolute atomic E-state index is 13.8. The predicted molar refractivity (Wildman–Crippen MR) is 88.0 cm³/mol. The Bertz CT molecular complexity index is 528. The molecule has 1 aliphatic carbocycles. The van der Waals surface area contributed by atoms with Crippen molar-refractivity contribution in [1.29, 1.82) is 0 Å². The van der Waals surface area contributed by atoms with Gasteiger partial charge in [-0.05, 0) is 46.8 Å². The summed E-state index contributed by atoms with van der Waals surface area (Å²) in [6.07, 6.45) is 4.88. The number of nitrogens with zero attached hydrogens (tertiary/aromatic N) is 1. The van der Waals surface area contributed by atoms with Crippen LogP contribution in [-0.4, -0.2) is 16.5 Å². The number of hydrogen-bond donors (Lipinski definition) is 1. The first-order valence-electron chi connectivity index (χ1n) is 7.02. The third kappa shape index (κ3) is 2.89. The Morgan fingerprint density at radius 2 is 2.35 bits per heavy atom. The largest absolute Gasteiger partial charge is 0.332 e. The number of benzene rings is 1. The van der Waals surface area contributed by atoms with Crippen molar-refractivity contribution < 1.29 is 4.39 Å². The predicted octanol–water partition coefficient (Wildman–Crippen LogP) is 5.05. The number of anilines is 1. The first-order valence-corrected chi connectivity index (χ1v) is 8.80. The van der Waals surface area contributed by atoms with E-state index in [0.717, 1.165) is 34.2 Å². The fourth-order valence-electron chi connectivity index (χ4n) is 3.14. The number of halogens is 2. The molecule has 2 nitrogen and oxygen atoms in total. The summed E-state index contributed by atoms with van der Waals surface area (Å²) < 4.78 is 14.6.